The molecule has 1 atom stereocenters. The van der Waals surface area contributed by atoms with Gasteiger partial charge in [-0.15, -0.1) is 0 Å². The summed E-state index contributed by atoms with van der Waals surface area (Å²) in [5.74, 6) is 0.222. The monoisotopic (exact) mass is 337 g/mol. The van der Waals surface area contributed by atoms with Gasteiger partial charge < -0.3 is 20.2 Å². The highest BCUT2D eigenvalue weighted by atomic mass is 16.3. The van der Waals surface area contributed by atoms with E-state index in [-0.39, 0.29) is 11.7 Å². The number of aromatic hydroxyl groups is 1. The Labute approximate surface area is 147 Å². The van der Waals surface area contributed by atoms with Gasteiger partial charge in [0, 0.05) is 42.6 Å². The van der Waals surface area contributed by atoms with Crippen LogP contribution < -0.4 is 15.1 Å². The number of carbonyl (C=O) groups is 1. The summed E-state index contributed by atoms with van der Waals surface area (Å²) in [6.07, 6.45) is 1.92. The molecule has 2 heterocycles. The van der Waals surface area contributed by atoms with Crippen LogP contribution in [0.1, 0.15) is 22.3 Å². The Morgan fingerprint density at radius 1 is 1.08 bits per heavy atom. The fourth-order valence-electron chi connectivity index (χ4n) is 3.79. The van der Waals surface area contributed by atoms with Gasteiger partial charge in [0.2, 0.25) is 0 Å². The van der Waals surface area contributed by atoms with Gasteiger partial charge in [-0.3, -0.25) is 4.79 Å². The maximum Gasteiger partial charge on any atom is 0.258 e. The third kappa shape index (κ3) is 2.96. The second-order valence-corrected chi connectivity index (χ2v) is 6.78. The van der Waals surface area contributed by atoms with Gasteiger partial charge in [0.25, 0.3) is 5.91 Å². The van der Waals surface area contributed by atoms with E-state index in [0.717, 1.165) is 37.2 Å². The van der Waals surface area contributed by atoms with Crippen LogP contribution in [0.5, 0.6) is 5.75 Å². The first kappa shape index (κ1) is 16.0. The van der Waals surface area contributed by atoms with E-state index >= 15 is 0 Å². The molecule has 2 aliphatic heterocycles. The average molecular weight is 337 g/mol. The molecule has 1 fully saturated rings. The van der Waals surface area contributed by atoms with Crippen LogP contribution in [0.3, 0.4) is 0 Å². The molecule has 0 bridgehead atoms. The summed E-state index contributed by atoms with van der Waals surface area (Å²) >= 11 is 0. The molecule has 0 aliphatic carbocycles. The van der Waals surface area contributed by atoms with Crippen molar-refractivity contribution < 1.29 is 9.90 Å². The number of likely N-dealkylation sites (N-methyl/N-ethyl adjacent to an activating group) is 1. The summed E-state index contributed by atoms with van der Waals surface area (Å²) in [6.45, 7) is 2.72. The van der Waals surface area contributed by atoms with Crippen LogP contribution in [0.25, 0.3) is 0 Å². The second-order valence-electron chi connectivity index (χ2n) is 6.78. The quantitative estimate of drug-likeness (QED) is 0.903. The molecule has 0 spiro atoms. The molecule has 0 radical (unpaired) electrons. The minimum absolute atomic E-state index is 0.00502. The second kappa shape index (κ2) is 6.41. The molecule has 2 N–H and O–H groups in total. The topological polar surface area (TPSA) is 55.8 Å². The van der Waals surface area contributed by atoms with Crippen molar-refractivity contribution in [3.63, 3.8) is 0 Å². The number of anilines is 2. The zero-order chi connectivity index (χ0) is 17.4. The standard InChI is InChI=1S/C20H23N3O2/c1-21-15-9-10-22(13-15)16-2-4-17(5-3-16)23-11-8-14-12-18(24)6-7-19(14)20(23)25/h2-7,12,15,21,24H,8-11,13H2,1H3/t15-/m1/s1. The molecular formula is C20H23N3O2. The number of hydrogen-bond donors (Lipinski definition) is 2. The number of amides is 1. The first-order valence-corrected chi connectivity index (χ1v) is 8.82. The molecule has 25 heavy (non-hydrogen) atoms. The van der Waals surface area contributed by atoms with Crippen molar-refractivity contribution in [1.29, 1.82) is 0 Å². The van der Waals surface area contributed by atoms with Crippen LogP contribution in [0.4, 0.5) is 11.4 Å². The smallest absolute Gasteiger partial charge is 0.258 e. The summed E-state index contributed by atoms with van der Waals surface area (Å²) in [6, 6.07) is 13.8. The Hall–Kier alpha value is -2.53. The molecule has 4 rings (SSSR count). The molecule has 0 unspecified atom stereocenters. The van der Waals surface area contributed by atoms with Crippen LogP contribution >= 0.6 is 0 Å². The molecule has 2 aliphatic rings. The summed E-state index contributed by atoms with van der Waals surface area (Å²) in [5, 5.41) is 12.9. The highest BCUT2D eigenvalue weighted by Crippen LogP contribution is 2.29. The predicted molar refractivity (Wildman–Crippen MR) is 99.6 cm³/mol. The molecular weight excluding hydrogens is 314 g/mol. The van der Waals surface area contributed by atoms with E-state index in [9.17, 15) is 9.90 Å². The number of rotatable bonds is 3. The van der Waals surface area contributed by atoms with Gasteiger partial charge in [0.05, 0.1) is 0 Å². The molecule has 0 saturated carbocycles. The van der Waals surface area contributed by atoms with E-state index < -0.39 is 0 Å². The third-order valence-electron chi connectivity index (χ3n) is 5.29. The van der Waals surface area contributed by atoms with Crippen molar-refractivity contribution in [3.8, 4) is 5.75 Å². The molecule has 1 amide bonds. The Balaban J connectivity index is 1.53. The fraction of sp³-hybridized carbons (Fsp3) is 0.350. The predicted octanol–water partition coefficient (Wildman–Crippen LogP) is 2.39. The molecule has 2 aromatic rings. The van der Waals surface area contributed by atoms with Gasteiger partial charge in [0.15, 0.2) is 0 Å². The number of nitrogens with zero attached hydrogens (tertiary/aromatic N) is 2. The number of benzene rings is 2. The number of fused-ring (bicyclic) bond motifs is 1. The van der Waals surface area contributed by atoms with Crippen LogP contribution in [0.15, 0.2) is 42.5 Å². The van der Waals surface area contributed by atoms with E-state index in [4.69, 9.17) is 0 Å². The number of nitrogens with one attached hydrogen (secondary N) is 1. The van der Waals surface area contributed by atoms with Crippen molar-refractivity contribution in [2.24, 2.45) is 0 Å². The van der Waals surface area contributed by atoms with E-state index in [0.29, 0.717) is 18.2 Å². The minimum atomic E-state index is 0.00502. The maximum atomic E-state index is 12.8. The van der Waals surface area contributed by atoms with Gasteiger partial charge in [-0.2, -0.15) is 0 Å². The van der Waals surface area contributed by atoms with Crippen molar-refractivity contribution >= 4 is 17.3 Å². The van der Waals surface area contributed by atoms with Crippen LogP contribution in [0.2, 0.25) is 0 Å². The number of hydrogen-bond acceptors (Lipinski definition) is 4. The van der Waals surface area contributed by atoms with E-state index in [2.05, 4.69) is 22.3 Å². The van der Waals surface area contributed by atoms with E-state index in [1.54, 1.807) is 18.2 Å². The van der Waals surface area contributed by atoms with Crippen LogP contribution in [-0.2, 0) is 6.42 Å². The maximum absolute atomic E-state index is 12.8. The Morgan fingerprint density at radius 2 is 1.84 bits per heavy atom. The zero-order valence-electron chi connectivity index (χ0n) is 14.4. The molecule has 2 aromatic carbocycles. The Kier molecular flexibility index (Phi) is 4.09. The zero-order valence-corrected chi connectivity index (χ0v) is 14.4. The van der Waals surface area contributed by atoms with Gasteiger partial charge >= 0.3 is 0 Å². The molecule has 5 nitrogen and oxygen atoms in total. The number of phenolic OH excluding ortho intramolecular Hbond substituents is 1. The van der Waals surface area contributed by atoms with E-state index in [1.807, 2.05) is 24.1 Å². The lowest BCUT2D eigenvalue weighted by molar-refractivity contribution is 0.0980. The Bertz CT molecular complexity index is 788. The molecule has 130 valence electrons. The lowest BCUT2D eigenvalue weighted by Crippen LogP contribution is -2.37. The summed E-state index contributed by atoms with van der Waals surface area (Å²) in [5.41, 5.74) is 3.74. The summed E-state index contributed by atoms with van der Waals surface area (Å²) < 4.78 is 0. The minimum Gasteiger partial charge on any atom is -0.508 e. The van der Waals surface area contributed by atoms with E-state index in [1.165, 1.54) is 5.69 Å². The lowest BCUT2D eigenvalue weighted by Gasteiger charge is -2.29. The van der Waals surface area contributed by atoms with Crippen molar-refractivity contribution in [2.45, 2.75) is 18.9 Å². The summed E-state index contributed by atoms with van der Waals surface area (Å²) in [7, 11) is 2.01. The summed E-state index contributed by atoms with van der Waals surface area (Å²) in [4.78, 5) is 17.0. The van der Waals surface area contributed by atoms with Gasteiger partial charge in [-0.05, 0) is 67.9 Å². The van der Waals surface area contributed by atoms with Crippen molar-refractivity contribution in [1.82, 2.24) is 5.32 Å². The number of phenols is 1. The number of carbonyl (C=O) groups excluding carboxylic acids is 1. The van der Waals surface area contributed by atoms with Gasteiger partial charge in [-0.1, -0.05) is 0 Å². The Morgan fingerprint density at radius 3 is 2.56 bits per heavy atom. The van der Waals surface area contributed by atoms with Crippen molar-refractivity contribution in [2.75, 3.05) is 36.5 Å². The fourth-order valence-corrected chi connectivity index (χ4v) is 3.79. The van der Waals surface area contributed by atoms with Gasteiger partial charge in [0.1, 0.15) is 5.75 Å². The van der Waals surface area contributed by atoms with Gasteiger partial charge in [-0.25, -0.2) is 0 Å². The van der Waals surface area contributed by atoms with Crippen molar-refractivity contribution in [3.05, 3.63) is 53.6 Å². The first-order chi connectivity index (χ1) is 12.2. The lowest BCUT2D eigenvalue weighted by atomic mass is 9.98. The SMILES string of the molecule is CN[C@@H]1CCN(c2ccc(N3CCc4cc(O)ccc4C3=O)cc2)C1. The van der Waals surface area contributed by atoms with Crippen LogP contribution in [0, 0.1) is 0 Å². The molecule has 0 aromatic heterocycles. The first-order valence-electron chi connectivity index (χ1n) is 8.82. The largest absolute Gasteiger partial charge is 0.508 e. The third-order valence-corrected chi connectivity index (χ3v) is 5.29. The normalized spacial score (nSPS) is 20.0. The average Bonchev–Trinajstić information content (AvgIpc) is 3.11. The highest BCUT2D eigenvalue weighted by Gasteiger charge is 2.26. The highest BCUT2D eigenvalue weighted by molar-refractivity contribution is 6.08. The molecule has 5 heteroatoms. The molecule has 1 saturated heterocycles. The van der Waals surface area contributed by atoms with Crippen LogP contribution in [-0.4, -0.2) is 43.7 Å².